The third-order valence-electron chi connectivity index (χ3n) is 2.97. The third-order valence-corrected chi connectivity index (χ3v) is 3.17. The van der Waals surface area contributed by atoms with Crippen LogP contribution in [0.2, 0.25) is 0 Å². The number of rotatable bonds is 5. The molecule has 0 saturated heterocycles. The van der Waals surface area contributed by atoms with Gasteiger partial charge in [-0.15, -0.1) is 0 Å². The van der Waals surface area contributed by atoms with Crippen molar-refractivity contribution in [2.45, 2.75) is 32.2 Å². The van der Waals surface area contributed by atoms with Gasteiger partial charge in [-0.1, -0.05) is 12.2 Å². The van der Waals surface area contributed by atoms with Gasteiger partial charge in [0.25, 0.3) is 5.91 Å². The number of amides is 1. The summed E-state index contributed by atoms with van der Waals surface area (Å²) in [5, 5.41) is 0. The Morgan fingerprint density at radius 3 is 2.83 bits per heavy atom. The zero-order valence-corrected chi connectivity index (χ0v) is 11.2. The van der Waals surface area contributed by atoms with Gasteiger partial charge >= 0.3 is 0 Å². The Kier molecular flexibility index (Phi) is 3.91. The van der Waals surface area contributed by atoms with Gasteiger partial charge in [-0.3, -0.25) is 9.78 Å². The van der Waals surface area contributed by atoms with E-state index in [9.17, 15) is 4.79 Å². The van der Waals surface area contributed by atoms with Crippen molar-refractivity contribution < 1.29 is 4.79 Å². The van der Waals surface area contributed by atoms with E-state index in [0.717, 1.165) is 18.4 Å². The molecule has 0 aliphatic heterocycles. The lowest BCUT2D eigenvalue weighted by Gasteiger charge is -2.22. The molecule has 0 unspecified atom stereocenters. The summed E-state index contributed by atoms with van der Waals surface area (Å²) < 4.78 is 0. The largest absolute Gasteiger partial charge is 0.393 e. The summed E-state index contributed by atoms with van der Waals surface area (Å²) in [5.41, 5.74) is 7.14. The van der Waals surface area contributed by atoms with Crippen LogP contribution >= 0.6 is 12.2 Å². The maximum Gasteiger partial charge on any atom is 0.255 e. The number of nitrogens with zero attached hydrogens (tertiary/aromatic N) is 2. The Labute approximate surface area is 112 Å². The van der Waals surface area contributed by atoms with E-state index in [2.05, 4.69) is 4.98 Å². The number of nitrogens with two attached hydrogens (primary N) is 1. The van der Waals surface area contributed by atoms with Crippen LogP contribution in [0.3, 0.4) is 0 Å². The molecule has 0 atom stereocenters. The van der Waals surface area contributed by atoms with Crippen LogP contribution in [0, 0.1) is 6.92 Å². The predicted octanol–water partition coefficient (Wildman–Crippen LogP) is 1.67. The van der Waals surface area contributed by atoms with Crippen LogP contribution in [0.15, 0.2) is 18.5 Å². The topological polar surface area (TPSA) is 59.2 Å². The second-order valence-electron chi connectivity index (χ2n) is 4.70. The first-order chi connectivity index (χ1) is 8.58. The van der Waals surface area contributed by atoms with E-state index in [1.807, 2.05) is 17.9 Å². The molecule has 0 radical (unpaired) electrons. The molecule has 4 nitrogen and oxygen atoms in total. The monoisotopic (exact) mass is 263 g/mol. The van der Waals surface area contributed by atoms with Gasteiger partial charge in [0.15, 0.2) is 0 Å². The summed E-state index contributed by atoms with van der Waals surface area (Å²) >= 11 is 4.87. The van der Waals surface area contributed by atoms with E-state index in [0.29, 0.717) is 29.6 Å². The van der Waals surface area contributed by atoms with E-state index in [4.69, 9.17) is 18.0 Å². The Morgan fingerprint density at radius 1 is 1.56 bits per heavy atom. The van der Waals surface area contributed by atoms with Crippen LogP contribution in [0.25, 0.3) is 0 Å². The summed E-state index contributed by atoms with van der Waals surface area (Å²) in [5.74, 6) is 0.0324. The number of pyridine rings is 1. The number of thiocarbonyl (C=S) groups is 1. The Bertz CT molecular complexity index is 471. The molecule has 2 rings (SSSR count). The molecule has 1 heterocycles. The molecule has 1 aromatic rings. The number of hydrogen-bond acceptors (Lipinski definition) is 3. The van der Waals surface area contributed by atoms with Crippen molar-refractivity contribution in [3.63, 3.8) is 0 Å². The molecule has 1 aromatic heterocycles. The minimum absolute atomic E-state index is 0.0324. The van der Waals surface area contributed by atoms with Gasteiger partial charge in [0.05, 0.1) is 10.6 Å². The van der Waals surface area contributed by atoms with Crippen molar-refractivity contribution >= 4 is 23.1 Å². The van der Waals surface area contributed by atoms with Crippen LogP contribution in [-0.2, 0) is 0 Å². The highest BCUT2D eigenvalue weighted by molar-refractivity contribution is 7.80. The van der Waals surface area contributed by atoms with Crippen molar-refractivity contribution in [2.75, 3.05) is 6.54 Å². The molecule has 1 saturated carbocycles. The van der Waals surface area contributed by atoms with Crippen molar-refractivity contribution in [3.8, 4) is 0 Å². The zero-order valence-electron chi connectivity index (χ0n) is 10.4. The van der Waals surface area contributed by atoms with Crippen molar-refractivity contribution in [1.82, 2.24) is 9.88 Å². The van der Waals surface area contributed by atoms with Crippen LogP contribution in [0.1, 0.15) is 35.2 Å². The standard InChI is InChI=1S/C13H17N3OS/c1-9-6-10(8-15-7-9)13(17)16(11-2-3-11)5-4-12(14)18/h6-8,11H,2-5H2,1H3,(H2,14,18). The first kappa shape index (κ1) is 13.0. The number of aryl methyl sites for hydroxylation is 1. The highest BCUT2D eigenvalue weighted by Gasteiger charge is 2.32. The predicted molar refractivity (Wildman–Crippen MR) is 74.4 cm³/mol. The number of aromatic nitrogens is 1. The second kappa shape index (κ2) is 5.44. The lowest BCUT2D eigenvalue weighted by atomic mass is 10.2. The van der Waals surface area contributed by atoms with E-state index >= 15 is 0 Å². The van der Waals surface area contributed by atoms with Crippen molar-refractivity contribution in [2.24, 2.45) is 5.73 Å². The molecule has 0 spiro atoms. The van der Waals surface area contributed by atoms with E-state index in [1.165, 1.54) is 0 Å². The van der Waals surface area contributed by atoms with Crippen LogP contribution < -0.4 is 5.73 Å². The molecule has 1 aliphatic rings. The van der Waals surface area contributed by atoms with Gasteiger partial charge in [0.1, 0.15) is 0 Å². The zero-order chi connectivity index (χ0) is 13.1. The smallest absolute Gasteiger partial charge is 0.255 e. The minimum Gasteiger partial charge on any atom is -0.393 e. The maximum atomic E-state index is 12.4. The molecular weight excluding hydrogens is 246 g/mol. The van der Waals surface area contributed by atoms with Gasteiger partial charge in [-0.2, -0.15) is 0 Å². The van der Waals surface area contributed by atoms with E-state index < -0.39 is 0 Å². The Morgan fingerprint density at radius 2 is 2.28 bits per heavy atom. The van der Waals surface area contributed by atoms with Crippen LogP contribution in [-0.4, -0.2) is 33.4 Å². The molecule has 5 heteroatoms. The normalized spacial score (nSPS) is 14.3. The third kappa shape index (κ3) is 3.26. The first-order valence-corrected chi connectivity index (χ1v) is 6.49. The fourth-order valence-corrected chi connectivity index (χ4v) is 2.00. The van der Waals surface area contributed by atoms with Gasteiger partial charge < -0.3 is 10.6 Å². The van der Waals surface area contributed by atoms with E-state index in [1.54, 1.807) is 12.4 Å². The van der Waals surface area contributed by atoms with Gasteiger partial charge in [-0.25, -0.2) is 0 Å². The molecule has 2 N–H and O–H groups in total. The first-order valence-electron chi connectivity index (χ1n) is 6.09. The van der Waals surface area contributed by atoms with Crippen molar-refractivity contribution in [3.05, 3.63) is 29.6 Å². The summed E-state index contributed by atoms with van der Waals surface area (Å²) in [6, 6.07) is 2.22. The summed E-state index contributed by atoms with van der Waals surface area (Å²) in [4.78, 5) is 18.8. The number of carbonyl (C=O) groups is 1. The molecule has 1 aliphatic carbocycles. The van der Waals surface area contributed by atoms with E-state index in [-0.39, 0.29) is 5.91 Å². The molecule has 0 bridgehead atoms. The summed E-state index contributed by atoms with van der Waals surface area (Å²) in [7, 11) is 0. The maximum absolute atomic E-state index is 12.4. The minimum atomic E-state index is 0.0324. The van der Waals surface area contributed by atoms with Crippen LogP contribution in [0.5, 0.6) is 0 Å². The average Bonchev–Trinajstić information content (AvgIpc) is 3.13. The molecule has 96 valence electrons. The molecule has 18 heavy (non-hydrogen) atoms. The number of carbonyl (C=O) groups excluding carboxylic acids is 1. The van der Waals surface area contributed by atoms with Gasteiger partial charge in [-0.05, 0) is 31.4 Å². The second-order valence-corrected chi connectivity index (χ2v) is 5.22. The average molecular weight is 263 g/mol. The lowest BCUT2D eigenvalue weighted by molar-refractivity contribution is 0.0747. The SMILES string of the molecule is Cc1cncc(C(=O)N(CCC(N)=S)C2CC2)c1. The molecule has 0 aromatic carbocycles. The van der Waals surface area contributed by atoms with Gasteiger partial charge in [0.2, 0.25) is 0 Å². The Hall–Kier alpha value is -1.49. The van der Waals surface area contributed by atoms with Gasteiger partial charge in [0, 0.05) is 31.4 Å². The summed E-state index contributed by atoms with van der Waals surface area (Å²) in [6.45, 7) is 2.53. The fourth-order valence-electron chi connectivity index (χ4n) is 1.90. The van der Waals surface area contributed by atoms with Crippen LogP contribution in [0.4, 0.5) is 0 Å². The highest BCUT2D eigenvalue weighted by Crippen LogP contribution is 2.28. The Balaban J connectivity index is 2.10. The summed E-state index contributed by atoms with van der Waals surface area (Å²) in [6.07, 6.45) is 6.08. The fraction of sp³-hybridized carbons (Fsp3) is 0.462. The molecular formula is C13H17N3OS. The van der Waals surface area contributed by atoms with Crippen molar-refractivity contribution in [1.29, 1.82) is 0 Å². The number of hydrogen-bond donors (Lipinski definition) is 1. The molecule has 1 amide bonds. The quantitative estimate of drug-likeness (QED) is 0.821. The highest BCUT2D eigenvalue weighted by atomic mass is 32.1. The molecule has 1 fully saturated rings. The lowest BCUT2D eigenvalue weighted by Crippen LogP contribution is -2.35.